The zero-order valence-electron chi connectivity index (χ0n) is 18.7. The predicted octanol–water partition coefficient (Wildman–Crippen LogP) is 1.10. The van der Waals surface area contributed by atoms with E-state index in [0.29, 0.717) is 5.39 Å². The second kappa shape index (κ2) is 11.8. The maximum Gasteiger partial charge on any atom is 0.339 e. The summed E-state index contributed by atoms with van der Waals surface area (Å²) in [4.78, 5) is 59.3. The molecule has 0 saturated heterocycles. The van der Waals surface area contributed by atoms with Crippen LogP contribution in [0.5, 0.6) is 5.75 Å². The first-order valence-corrected chi connectivity index (χ1v) is 10.5. The third-order valence-corrected chi connectivity index (χ3v) is 4.86. The molecule has 0 spiro atoms. The standard InChI is InChI=1S/C23H25BN2O8/c1-12(2)9-17(22(31)26-16(21(24)30)10-19(28)29)25-18(27)11-34-20-14-6-4-3-5-13(14)7-8-15(20)23(32)33/h3-8,12,16-17H,9-11H2,1-2H3,(H,25,27)(H,26,31)(H,28,29)(H,32,33)/t16-,17-/m0/s1. The minimum Gasteiger partial charge on any atom is -0.482 e. The number of aromatic carboxylic acids is 1. The van der Waals surface area contributed by atoms with Crippen molar-refractivity contribution in [1.29, 1.82) is 0 Å². The highest BCUT2D eigenvalue weighted by molar-refractivity contribution is 6.59. The fraction of sp³-hybridized carbons (Fsp3) is 0.348. The van der Waals surface area contributed by atoms with E-state index in [0.717, 1.165) is 5.39 Å². The van der Waals surface area contributed by atoms with E-state index in [4.69, 9.17) is 17.7 Å². The molecule has 2 rings (SSSR count). The molecule has 2 aromatic rings. The van der Waals surface area contributed by atoms with Crippen LogP contribution in [0.15, 0.2) is 36.4 Å². The number of carboxylic acids is 2. The Hall–Kier alpha value is -3.89. The molecule has 0 saturated carbocycles. The van der Waals surface area contributed by atoms with Crippen molar-refractivity contribution >= 4 is 48.1 Å². The number of nitrogens with one attached hydrogen (secondary N) is 2. The molecule has 0 fully saturated rings. The highest BCUT2D eigenvalue weighted by Gasteiger charge is 2.27. The third-order valence-electron chi connectivity index (χ3n) is 4.86. The molecular weight excluding hydrogens is 443 g/mol. The largest absolute Gasteiger partial charge is 0.482 e. The summed E-state index contributed by atoms with van der Waals surface area (Å²) in [6.45, 7) is 3.03. The molecule has 0 bridgehead atoms. The average molecular weight is 468 g/mol. The summed E-state index contributed by atoms with van der Waals surface area (Å²) in [5.41, 5.74) is -1.15. The van der Waals surface area contributed by atoms with Gasteiger partial charge in [0.05, 0.1) is 18.1 Å². The number of carbonyl (C=O) groups is 5. The maximum atomic E-state index is 12.7. The summed E-state index contributed by atoms with van der Waals surface area (Å²) >= 11 is 0. The zero-order valence-corrected chi connectivity index (χ0v) is 18.7. The fourth-order valence-electron chi connectivity index (χ4n) is 3.31. The molecule has 2 radical (unpaired) electrons. The van der Waals surface area contributed by atoms with Crippen LogP contribution >= 0.6 is 0 Å². The van der Waals surface area contributed by atoms with Crippen molar-refractivity contribution in [3.05, 3.63) is 42.0 Å². The number of hydrogen-bond acceptors (Lipinski definition) is 6. The van der Waals surface area contributed by atoms with Gasteiger partial charge in [-0.1, -0.05) is 44.2 Å². The average Bonchev–Trinajstić information content (AvgIpc) is 2.75. The number of hydrogen-bond donors (Lipinski definition) is 4. The molecule has 2 atom stereocenters. The van der Waals surface area contributed by atoms with Gasteiger partial charge in [-0.25, -0.2) is 4.79 Å². The monoisotopic (exact) mass is 468 g/mol. The molecule has 0 aliphatic heterocycles. The number of amides is 2. The first kappa shape index (κ1) is 26.4. The molecule has 11 heteroatoms. The highest BCUT2D eigenvalue weighted by Crippen LogP contribution is 2.30. The van der Waals surface area contributed by atoms with Gasteiger partial charge in [-0.2, -0.15) is 0 Å². The van der Waals surface area contributed by atoms with Crippen molar-refractivity contribution in [3.63, 3.8) is 0 Å². The zero-order chi connectivity index (χ0) is 25.4. The number of carboxylic acid groups (broad SMARTS) is 2. The Morgan fingerprint density at radius 2 is 1.65 bits per heavy atom. The highest BCUT2D eigenvalue weighted by atomic mass is 16.5. The first-order chi connectivity index (χ1) is 16.0. The van der Waals surface area contributed by atoms with Crippen LogP contribution in [0.4, 0.5) is 0 Å². The molecule has 0 aromatic heterocycles. The van der Waals surface area contributed by atoms with Gasteiger partial charge >= 0.3 is 11.9 Å². The molecular formula is C23H25BN2O8. The molecule has 0 heterocycles. The van der Waals surface area contributed by atoms with Gasteiger partial charge in [-0.3, -0.25) is 14.4 Å². The van der Waals surface area contributed by atoms with E-state index in [2.05, 4.69) is 10.6 Å². The second-order valence-electron chi connectivity index (χ2n) is 8.07. The normalized spacial score (nSPS) is 12.6. The smallest absolute Gasteiger partial charge is 0.339 e. The number of benzene rings is 2. The molecule has 4 N–H and O–H groups in total. The summed E-state index contributed by atoms with van der Waals surface area (Å²) < 4.78 is 5.55. The second-order valence-corrected chi connectivity index (χ2v) is 8.07. The van der Waals surface area contributed by atoms with Crippen molar-refractivity contribution in [2.75, 3.05) is 6.61 Å². The minimum absolute atomic E-state index is 0.0147. The van der Waals surface area contributed by atoms with Crippen molar-refractivity contribution < 1.29 is 38.9 Å². The van der Waals surface area contributed by atoms with Gasteiger partial charge in [0.15, 0.2) is 14.5 Å². The molecule has 0 aliphatic carbocycles. The topological polar surface area (TPSA) is 159 Å². The summed E-state index contributed by atoms with van der Waals surface area (Å²) in [7, 11) is 5.16. The Balaban J connectivity index is 2.16. The molecule has 34 heavy (non-hydrogen) atoms. The molecule has 2 amide bonds. The van der Waals surface area contributed by atoms with E-state index in [1.54, 1.807) is 44.2 Å². The van der Waals surface area contributed by atoms with Crippen LogP contribution in [0, 0.1) is 5.92 Å². The van der Waals surface area contributed by atoms with Crippen LogP contribution in [-0.2, 0) is 19.2 Å². The van der Waals surface area contributed by atoms with Gasteiger partial charge in [0.25, 0.3) is 5.91 Å². The van der Waals surface area contributed by atoms with Gasteiger partial charge in [-0.15, -0.1) is 0 Å². The maximum absolute atomic E-state index is 12.7. The molecule has 2 aromatic carbocycles. The number of ether oxygens (including phenoxy) is 1. The fourth-order valence-corrected chi connectivity index (χ4v) is 3.31. The summed E-state index contributed by atoms with van der Waals surface area (Å²) in [5.74, 6) is -4.07. The minimum atomic E-state index is -1.44. The lowest BCUT2D eigenvalue weighted by molar-refractivity contribution is -0.139. The van der Waals surface area contributed by atoms with E-state index in [-0.39, 0.29) is 23.7 Å². The summed E-state index contributed by atoms with van der Waals surface area (Å²) in [6.07, 6.45) is -0.518. The van der Waals surface area contributed by atoms with Gasteiger partial charge in [0.2, 0.25) is 5.91 Å². The summed E-state index contributed by atoms with van der Waals surface area (Å²) in [6, 6.07) is 7.37. The van der Waals surface area contributed by atoms with Crippen molar-refractivity contribution in [2.45, 2.75) is 38.8 Å². The van der Waals surface area contributed by atoms with Gasteiger partial charge in [-0.05, 0) is 23.8 Å². The lowest BCUT2D eigenvalue weighted by Crippen LogP contribution is -2.53. The predicted molar refractivity (Wildman–Crippen MR) is 123 cm³/mol. The Bertz CT molecular complexity index is 1100. The van der Waals surface area contributed by atoms with Crippen LogP contribution in [0.3, 0.4) is 0 Å². The number of carbonyl (C=O) groups excluding carboxylic acids is 3. The Labute approximate surface area is 197 Å². The number of fused-ring (bicyclic) bond motifs is 1. The molecule has 10 nitrogen and oxygen atoms in total. The molecule has 178 valence electrons. The SMILES string of the molecule is [B]C(=O)[C@H](CC(=O)O)NC(=O)[C@H](CC(C)C)NC(=O)COc1c(C(=O)O)ccc2ccccc12. The van der Waals surface area contributed by atoms with Crippen LogP contribution < -0.4 is 15.4 Å². The van der Waals surface area contributed by atoms with Crippen LogP contribution in [-0.4, -0.2) is 66.2 Å². The Kier molecular flexibility index (Phi) is 9.17. The molecule has 0 aliphatic rings. The van der Waals surface area contributed by atoms with Crippen molar-refractivity contribution in [1.82, 2.24) is 10.6 Å². The lowest BCUT2D eigenvalue weighted by Gasteiger charge is -2.23. The molecule has 0 unspecified atom stereocenters. The number of aliphatic carboxylic acids is 1. The van der Waals surface area contributed by atoms with Crippen LogP contribution in [0.25, 0.3) is 10.8 Å². The third kappa shape index (κ3) is 7.33. The van der Waals surface area contributed by atoms with Crippen molar-refractivity contribution in [3.8, 4) is 5.75 Å². The van der Waals surface area contributed by atoms with Crippen molar-refractivity contribution in [2.24, 2.45) is 5.92 Å². The van der Waals surface area contributed by atoms with E-state index in [9.17, 15) is 29.1 Å². The van der Waals surface area contributed by atoms with Crippen LogP contribution in [0.2, 0.25) is 0 Å². The number of rotatable bonds is 12. The van der Waals surface area contributed by atoms with Gasteiger partial charge in [0.1, 0.15) is 17.4 Å². The van der Waals surface area contributed by atoms with Gasteiger partial charge < -0.3 is 30.4 Å². The van der Waals surface area contributed by atoms with E-state index in [1.807, 2.05) is 0 Å². The Morgan fingerprint density at radius 1 is 0.971 bits per heavy atom. The first-order valence-electron chi connectivity index (χ1n) is 10.5. The quantitative estimate of drug-likeness (QED) is 0.337. The Morgan fingerprint density at radius 3 is 2.24 bits per heavy atom. The lowest BCUT2D eigenvalue weighted by atomic mass is 9.92. The van der Waals surface area contributed by atoms with Gasteiger partial charge in [0, 0.05) is 5.39 Å². The summed E-state index contributed by atoms with van der Waals surface area (Å²) in [5, 5.41) is 24.4. The van der Waals surface area contributed by atoms with E-state index < -0.39 is 54.5 Å². The van der Waals surface area contributed by atoms with E-state index in [1.165, 1.54) is 6.07 Å². The van der Waals surface area contributed by atoms with Crippen LogP contribution in [0.1, 0.15) is 37.0 Å². The van der Waals surface area contributed by atoms with E-state index >= 15 is 0 Å².